The van der Waals surface area contributed by atoms with Gasteiger partial charge in [0.15, 0.2) is 0 Å². The number of hydrogen-bond donors (Lipinski definition) is 0. The quantitative estimate of drug-likeness (QED) is 0.688. The van der Waals surface area contributed by atoms with Crippen LogP contribution in [0.4, 0.5) is 0 Å². The normalized spacial score (nSPS) is 11.0. The molecule has 0 N–H and O–H groups in total. The molecule has 0 radical (unpaired) electrons. The molecule has 4 nitrogen and oxygen atoms in total. The van der Waals surface area contributed by atoms with E-state index < -0.39 is 0 Å². The first-order chi connectivity index (χ1) is 7.33. The Kier molecular flexibility index (Phi) is 2.03. The molecule has 0 spiro atoms. The second-order valence-corrected chi connectivity index (χ2v) is 4.85. The summed E-state index contributed by atoms with van der Waals surface area (Å²) < 4.78 is 2.73. The van der Waals surface area contributed by atoms with Gasteiger partial charge in [-0.15, -0.1) is 10.2 Å². The maximum Gasteiger partial charge on any atom is 0.234 e. The van der Waals surface area contributed by atoms with E-state index in [2.05, 4.69) is 31.2 Å². The average Bonchev–Trinajstić information content (AvgIpc) is 2.76. The highest BCUT2D eigenvalue weighted by molar-refractivity contribution is 9.10. The lowest BCUT2D eigenvalue weighted by molar-refractivity contribution is 0.960. The molecule has 3 aromatic rings. The van der Waals surface area contributed by atoms with Gasteiger partial charge in [-0.2, -0.15) is 9.61 Å². The molecule has 15 heavy (non-hydrogen) atoms. The van der Waals surface area contributed by atoms with Crippen LogP contribution >= 0.6 is 27.3 Å². The molecule has 0 atom stereocenters. The first-order valence-corrected chi connectivity index (χ1v) is 5.87. The van der Waals surface area contributed by atoms with Crippen LogP contribution in [0.15, 0.2) is 35.1 Å². The third kappa shape index (κ3) is 1.55. The fourth-order valence-corrected chi connectivity index (χ4v) is 2.51. The Bertz CT molecular complexity index is 587. The molecule has 0 saturated heterocycles. The predicted molar refractivity (Wildman–Crippen MR) is 61.8 cm³/mol. The topological polar surface area (TPSA) is 43.1 Å². The summed E-state index contributed by atoms with van der Waals surface area (Å²) in [5, 5.41) is 13.0. The molecule has 2 aromatic heterocycles. The molecule has 0 aliphatic heterocycles. The van der Waals surface area contributed by atoms with Crippen molar-refractivity contribution in [2.45, 2.75) is 0 Å². The largest absolute Gasteiger partial charge is 0.234 e. The number of benzene rings is 1. The monoisotopic (exact) mass is 280 g/mol. The standard InChI is InChI=1S/C9H5BrN4S/c10-7-3-1-2-6(4-7)8-13-14-5-11-12-9(14)15-8/h1-5H. The Hall–Kier alpha value is -1.27. The van der Waals surface area contributed by atoms with Crippen LogP contribution in [0.5, 0.6) is 0 Å². The SMILES string of the molecule is Brc1cccc(-c2nn3cnnc3s2)c1. The van der Waals surface area contributed by atoms with Gasteiger partial charge in [-0.3, -0.25) is 0 Å². The molecular formula is C9H5BrN4S. The molecular weight excluding hydrogens is 276 g/mol. The summed E-state index contributed by atoms with van der Waals surface area (Å²) in [6.07, 6.45) is 1.60. The first kappa shape index (κ1) is 8.99. The lowest BCUT2D eigenvalue weighted by atomic mass is 10.2. The molecule has 0 aliphatic carbocycles. The Morgan fingerprint density at radius 2 is 2.27 bits per heavy atom. The van der Waals surface area contributed by atoms with Gasteiger partial charge in [0.05, 0.1) is 0 Å². The van der Waals surface area contributed by atoms with Gasteiger partial charge < -0.3 is 0 Å². The molecule has 0 unspecified atom stereocenters. The lowest BCUT2D eigenvalue weighted by Gasteiger charge is -1.94. The van der Waals surface area contributed by atoms with Crippen LogP contribution in [0.2, 0.25) is 0 Å². The van der Waals surface area contributed by atoms with E-state index in [1.807, 2.05) is 24.3 Å². The van der Waals surface area contributed by atoms with E-state index in [1.54, 1.807) is 10.8 Å². The highest BCUT2D eigenvalue weighted by Gasteiger charge is 2.07. The van der Waals surface area contributed by atoms with Crippen molar-refractivity contribution in [2.24, 2.45) is 0 Å². The summed E-state index contributed by atoms with van der Waals surface area (Å²) in [7, 11) is 0. The minimum atomic E-state index is 0.810. The van der Waals surface area contributed by atoms with Gasteiger partial charge in [-0.05, 0) is 12.1 Å². The summed E-state index contributed by atoms with van der Waals surface area (Å²) in [6.45, 7) is 0. The minimum Gasteiger partial charge on any atom is -0.190 e. The van der Waals surface area contributed by atoms with Crippen molar-refractivity contribution in [2.75, 3.05) is 0 Å². The van der Waals surface area contributed by atoms with E-state index in [1.165, 1.54) is 11.3 Å². The third-order valence-corrected chi connectivity index (χ3v) is 3.41. The van der Waals surface area contributed by atoms with Gasteiger partial charge in [0, 0.05) is 10.0 Å². The molecule has 6 heteroatoms. The Labute approximate surface area is 97.7 Å². The molecule has 1 aromatic carbocycles. The fourth-order valence-electron chi connectivity index (χ4n) is 1.30. The number of rotatable bonds is 1. The van der Waals surface area contributed by atoms with E-state index >= 15 is 0 Å². The van der Waals surface area contributed by atoms with Gasteiger partial charge >= 0.3 is 0 Å². The van der Waals surface area contributed by atoms with Crippen LogP contribution < -0.4 is 0 Å². The lowest BCUT2D eigenvalue weighted by Crippen LogP contribution is -1.82. The molecule has 0 saturated carbocycles. The van der Waals surface area contributed by atoms with E-state index in [9.17, 15) is 0 Å². The molecule has 0 aliphatic rings. The summed E-state index contributed by atoms with van der Waals surface area (Å²) >= 11 is 4.96. The van der Waals surface area contributed by atoms with Gasteiger partial charge in [-0.25, -0.2) is 0 Å². The van der Waals surface area contributed by atoms with Crippen LogP contribution in [0, 0.1) is 0 Å². The van der Waals surface area contributed by atoms with Gasteiger partial charge in [0.25, 0.3) is 0 Å². The van der Waals surface area contributed by atoms with Gasteiger partial charge in [0.2, 0.25) is 4.96 Å². The maximum absolute atomic E-state index is 4.37. The Morgan fingerprint density at radius 3 is 3.07 bits per heavy atom. The van der Waals surface area contributed by atoms with Crippen LogP contribution in [0.1, 0.15) is 0 Å². The molecule has 74 valence electrons. The molecule has 2 heterocycles. The third-order valence-electron chi connectivity index (χ3n) is 1.96. The zero-order chi connectivity index (χ0) is 10.3. The highest BCUT2D eigenvalue weighted by Crippen LogP contribution is 2.26. The van der Waals surface area contributed by atoms with Crippen molar-refractivity contribution in [3.63, 3.8) is 0 Å². The Balaban J connectivity index is 2.17. The number of hydrogen-bond acceptors (Lipinski definition) is 4. The van der Waals surface area contributed by atoms with E-state index in [-0.39, 0.29) is 0 Å². The summed E-state index contributed by atoms with van der Waals surface area (Å²) in [6, 6.07) is 8.04. The molecule has 0 bridgehead atoms. The number of nitrogens with zero attached hydrogens (tertiary/aromatic N) is 4. The van der Waals surface area contributed by atoms with Crippen molar-refractivity contribution in [3.05, 3.63) is 35.1 Å². The maximum atomic E-state index is 4.37. The van der Waals surface area contributed by atoms with Crippen LogP contribution in [-0.4, -0.2) is 19.8 Å². The predicted octanol–water partition coefficient (Wildman–Crippen LogP) is 2.62. The fraction of sp³-hybridized carbons (Fsp3) is 0. The number of fused-ring (bicyclic) bond motifs is 1. The van der Waals surface area contributed by atoms with E-state index in [4.69, 9.17) is 0 Å². The van der Waals surface area contributed by atoms with Crippen molar-refractivity contribution in [1.29, 1.82) is 0 Å². The van der Waals surface area contributed by atoms with E-state index in [0.717, 1.165) is 20.0 Å². The van der Waals surface area contributed by atoms with Crippen molar-refractivity contribution >= 4 is 32.2 Å². The number of halogens is 1. The average molecular weight is 281 g/mol. The summed E-state index contributed by atoms with van der Waals surface area (Å²) in [4.78, 5) is 0.810. The second-order valence-electron chi connectivity index (χ2n) is 2.98. The second kappa shape index (κ2) is 3.39. The summed E-state index contributed by atoms with van der Waals surface area (Å²) in [5.74, 6) is 0. The minimum absolute atomic E-state index is 0.810. The number of aromatic nitrogens is 4. The Morgan fingerprint density at radius 1 is 1.33 bits per heavy atom. The van der Waals surface area contributed by atoms with Crippen molar-refractivity contribution in [3.8, 4) is 10.6 Å². The van der Waals surface area contributed by atoms with Crippen LogP contribution in [-0.2, 0) is 0 Å². The zero-order valence-electron chi connectivity index (χ0n) is 7.46. The van der Waals surface area contributed by atoms with Gasteiger partial charge in [-0.1, -0.05) is 39.4 Å². The highest BCUT2D eigenvalue weighted by atomic mass is 79.9. The smallest absolute Gasteiger partial charge is 0.190 e. The van der Waals surface area contributed by atoms with Crippen LogP contribution in [0.25, 0.3) is 15.5 Å². The van der Waals surface area contributed by atoms with Crippen LogP contribution in [0.3, 0.4) is 0 Å². The van der Waals surface area contributed by atoms with Crippen molar-refractivity contribution < 1.29 is 0 Å². The molecule has 3 rings (SSSR count). The molecule has 0 fully saturated rings. The first-order valence-electron chi connectivity index (χ1n) is 4.26. The van der Waals surface area contributed by atoms with Crippen molar-refractivity contribution in [1.82, 2.24) is 19.8 Å². The van der Waals surface area contributed by atoms with Gasteiger partial charge in [0.1, 0.15) is 11.3 Å². The summed E-state index contributed by atoms with van der Waals surface area (Å²) in [5.41, 5.74) is 1.08. The van der Waals surface area contributed by atoms with E-state index in [0.29, 0.717) is 0 Å². The molecule has 0 amide bonds. The zero-order valence-corrected chi connectivity index (χ0v) is 9.86.